The largest absolute Gasteiger partial charge is 0.354 e. The van der Waals surface area contributed by atoms with E-state index in [0.717, 1.165) is 12.5 Å². The molecule has 0 radical (unpaired) electrons. The molecule has 0 aliphatic heterocycles. The van der Waals surface area contributed by atoms with Gasteiger partial charge in [-0.2, -0.15) is 0 Å². The third-order valence-corrected chi connectivity index (χ3v) is 5.07. The van der Waals surface area contributed by atoms with E-state index in [1.807, 2.05) is 0 Å². The number of ether oxygens (including phenoxy) is 1. The molecule has 128 valence electrons. The van der Waals surface area contributed by atoms with Crippen molar-refractivity contribution in [2.45, 2.75) is 99.9 Å². The highest BCUT2D eigenvalue weighted by Crippen LogP contribution is 2.36. The van der Waals surface area contributed by atoms with Gasteiger partial charge in [0.1, 0.15) is 5.72 Å². The van der Waals surface area contributed by atoms with Crippen LogP contribution in [0.5, 0.6) is 0 Å². The second-order valence-electron chi connectivity index (χ2n) is 8.54. The van der Waals surface area contributed by atoms with Gasteiger partial charge in [0.05, 0.1) is 5.60 Å². The number of hydrogen-bond donors (Lipinski definition) is 0. The molecule has 0 heterocycles. The first kappa shape index (κ1) is 20.9. The van der Waals surface area contributed by atoms with Crippen LogP contribution in [0.3, 0.4) is 0 Å². The van der Waals surface area contributed by atoms with Gasteiger partial charge in [0.15, 0.2) is 0 Å². The summed E-state index contributed by atoms with van der Waals surface area (Å²) in [7, 11) is 0. The number of nitrogens with zero attached hydrogens (tertiary/aromatic N) is 1. The molecule has 0 aromatic rings. The molecule has 2 heteroatoms. The fourth-order valence-corrected chi connectivity index (χ4v) is 2.55. The predicted molar refractivity (Wildman–Crippen MR) is 94.5 cm³/mol. The zero-order chi connectivity index (χ0) is 17.0. The molecule has 0 bridgehead atoms. The van der Waals surface area contributed by atoms with Gasteiger partial charge in [-0.25, -0.2) is 0 Å². The smallest absolute Gasteiger partial charge is 0.122 e. The van der Waals surface area contributed by atoms with Crippen molar-refractivity contribution in [1.29, 1.82) is 0 Å². The number of hydrogen-bond acceptors (Lipinski definition) is 2. The summed E-state index contributed by atoms with van der Waals surface area (Å²) >= 11 is 0. The lowest BCUT2D eigenvalue weighted by Crippen LogP contribution is -2.59. The lowest BCUT2D eigenvalue weighted by atomic mass is 9.90. The van der Waals surface area contributed by atoms with Crippen molar-refractivity contribution < 1.29 is 4.74 Å². The average molecular weight is 300 g/mol. The van der Waals surface area contributed by atoms with Gasteiger partial charge in [0.2, 0.25) is 0 Å². The molecule has 0 N–H and O–H groups in total. The first-order valence-corrected chi connectivity index (χ1v) is 8.81. The molecular weight excluding hydrogens is 258 g/mol. The zero-order valence-electron chi connectivity index (χ0n) is 16.6. The molecule has 0 aromatic heterocycles. The summed E-state index contributed by atoms with van der Waals surface area (Å²) in [5.74, 6) is 1.67. The third kappa shape index (κ3) is 5.90. The van der Waals surface area contributed by atoms with E-state index in [1.165, 1.54) is 6.42 Å². The fraction of sp³-hybridized carbons (Fsp3) is 1.00. The SMILES string of the molecule is CC(C)CCN(C(C)C)C(C)(OC(C)(C)C(C)C)C(C)C. The summed E-state index contributed by atoms with van der Waals surface area (Å²) in [5, 5.41) is 0. The maximum Gasteiger partial charge on any atom is 0.122 e. The summed E-state index contributed by atoms with van der Waals surface area (Å²) in [6.45, 7) is 26.0. The lowest BCUT2D eigenvalue weighted by Gasteiger charge is -2.51. The molecule has 0 saturated heterocycles. The molecule has 0 aliphatic rings. The van der Waals surface area contributed by atoms with Gasteiger partial charge in [-0.05, 0) is 58.8 Å². The second-order valence-corrected chi connectivity index (χ2v) is 8.54. The fourth-order valence-electron chi connectivity index (χ4n) is 2.55. The maximum atomic E-state index is 6.73. The van der Waals surface area contributed by atoms with Gasteiger partial charge in [-0.3, -0.25) is 4.90 Å². The first-order valence-electron chi connectivity index (χ1n) is 8.81. The topological polar surface area (TPSA) is 12.5 Å². The molecule has 1 atom stereocenters. The van der Waals surface area contributed by atoms with Gasteiger partial charge < -0.3 is 4.74 Å². The molecule has 0 spiro atoms. The standard InChI is InChI=1S/C19H41NO/c1-14(2)12-13-20(17(7)8)19(11,16(5)6)21-18(9,10)15(3)4/h14-17H,12-13H2,1-11H3. The highest BCUT2D eigenvalue weighted by Gasteiger charge is 2.42. The Morgan fingerprint density at radius 3 is 1.57 bits per heavy atom. The van der Waals surface area contributed by atoms with Crippen LogP contribution < -0.4 is 0 Å². The van der Waals surface area contributed by atoms with E-state index in [-0.39, 0.29) is 11.3 Å². The van der Waals surface area contributed by atoms with Crippen LogP contribution in [0.25, 0.3) is 0 Å². The highest BCUT2D eigenvalue weighted by molar-refractivity contribution is 4.87. The molecule has 0 aliphatic carbocycles. The van der Waals surface area contributed by atoms with Gasteiger partial charge >= 0.3 is 0 Å². The molecule has 1 unspecified atom stereocenters. The molecule has 0 fully saturated rings. The monoisotopic (exact) mass is 299 g/mol. The van der Waals surface area contributed by atoms with Crippen LogP contribution in [0, 0.1) is 17.8 Å². The average Bonchev–Trinajstić information content (AvgIpc) is 2.26. The summed E-state index contributed by atoms with van der Waals surface area (Å²) < 4.78 is 6.73. The van der Waals surface area contributed by atoms with E-state index < -0.39 is 0 Å². The van der Waals surface area contributed by atoms with E-state index in [0.29, 0.717) is 17.9 Å². The summed E-state index contributed by atoms with van der Waals surface area (Å²) in [6, 6.07) is 0.485. The summed E-state index contributed by atoms with van der Waals surface area (Å²) in [6.07, 6.45) is 1.21. The normalized spacial score (nSPS) is 16.6. The Labute approximate surface area is 134 Å². The molecule has 0 aromatic carbocycles. The van der Waals surface area contributed by atoms with Crippen molar-refractivity contribution in [2.75, 3.05) is 6.54 Å². The summed E-state index contributed by atoms with van der Waals surface area (Å²) in [5.41, 5.74) is -0.346. The molecular formula is C19H41NO. The van der Waals surface area contributed by atoms with Crippen molar-refractivity contribution in [1.82, 2.24) is 4.90 Å². The number of rotatable bonds is 9. The minimum absolute atomic E-state index is 0.121. The van der Waals surface area contributed by atoms with Crippen molar-refractivity contribution in [3.8, 4) is 0 Å². The van der Waals surface area contributed by atoms with Crippen LogP contribution in [-0.2, 0) is 4.74 Å². The Morgan fingerprint density at radius 2 is 1.29 bits per heavy atom. The quantitative estimate of drug-likeness (QED) is 0.516. The van der Waals surface area contributed by atoms with Gasteiger partial charge in [-0.15, -0.1) is 0 Å². The van der Waals surface area contributed by atoms with Gasteiger partial charge in [0.25, 0.3) is 0 Å². The maximum absolute atomic E-state index is 6.73. The van der Waals surface area contributed by atoms with E-state index in [9.17, 15) is 0 Å². The molecule has 0 rings (SSSR count). The van der Waals surface area contributed by atoms with Crippen LogP contribution >= 0.6 is 0 Å². The predicted octanol–water partition coefficient (Wildman–Crippen LogP) is 5.57. The Kier molecular flexibility index (Phi) is 7.94. The minimum Gasteiger partial charge on any atom is -0.354 e. The van der Waals surface area contributed by atoms with Crippen molar-refractivity contribution >= 4 is 0 Å². The van der Waals surface area contributed by atoms with Crippen molar-refractivity contribution in [3.05, 3.63) is 0 Å². The zero-order valence-corrected chi connectivity index (χ0v) is 16.6. The van der Waals surface area contributed by atoms with Crippen molar-refractivity contribution in [2.24, 2.45) is 17.8 Å². The van der Waals surface area contributed by atoms with Gasteiger partial charge in [-0.1, -0.05) is 41.5 Å². The van der Waals surface area contributed by atoms with E-state index >= 15 is 0 Å². The van der Waals surface area contributed by atoms with Crippen LogP contribution in [0.2, 0.25) is 0 Å². The molecule has 2 nitrogen and oxygen atoms in total. The Balaban J connectivity index is 5.37. The van der Waals surface area contributed by atoms with Crippen LogP contribution in [0.15, 0.2) is 0 Å². The van der Waals surface area contributed by atoms with Gasteiger partial charge in [0, 0.05) is 12.6 Å². The second kappa shape index (κ2) is 7.97. The Morgan fingerprint density at radius 1 is 0.810 bits per heavy atom. The highest BCUT2D eigenvalue weighted by atomic mass is 16.5. The van der Waals surface area contributed by atoms with Crippen LogP contribution in [0.1, 0.15) is 82.6 Å². The Hall–Kier alpha value is -0.0800. The van der Waals surface area contributed by atoms with E-state index in [1.54, 1.807) is 0 Å². The summed E-state index contributed by atoms with van der Waals surface area (Å²) in [4.78, 5) is 2.56. The van der Waals surface area contributed by atoms with Crippen molar-refractivity contribution in [3.63, 3.8) is 0 Å². The third-order valence-electron chi connectivity index (χ3n) is 5.07. The van der Waals surface area contributed by atoms with E-state index in [4.69, 9.17) is 4.74 Å². The lowest BCUT2D eigenvalue weighted by molar-refractivity contribution is -0.249. The molecule has 21 heavy (non-hydrogen) atoms. The Bertz CT molecular complexity index is 294. The molecule has 0 amide bonds. The minimum atomic E-state index is -0.225. The molecule has 0 saturated carbocycles. The van der Waals surface area contributed by atoms with E-state index in [2.05, 4.69) is 81.1 Å². The van der Waals surface area contributed by atoms with Crippen LogP contribution in [-0.4, -0.2) is 28.8 Å². The first-order chi connectivity index (χ1) is 9.34. The van der Waals surface area contributed by atoms with Crippen LogP contribution in [0.4, 0.5) is 0 Å².